The number of benzene rings is 1. The fraction of sp³-hybridized carbons (Fsp3) is 0.450. The summed E-state index contributed by atoms with van der Waals surface area (Å²) in [5.41, 5.74) is 1.03. The summed E-state index contributed by atoms with van der Waals surface area (Å²) >= 11 is 6.15. The first-order valence-corrected chi connectivity index (χ1v) is 9.90. The number of nitrogens with zero attached hydrogens (tertiary/aromatic N) is 1. The van der Waals surface area contributed by atoms with Gasteiger partial charge in [0.25, 0.3) is 5.56 Å². The molecule has 1 saturated heterocycles. The molecule has 2 aromatic rings. The van der Waals surface area contributed by atoms with Crippen LogP contribution in [0.4, 0.5) is 0 Å². The standard InChI is InChI=1S/C20H25ClN4O3/c1-13-16(19(27)24-20(28)23-13)7-8-18(26)22-12-17(25-9-2-3-10-25)14-5-4-6-15(21)11-14/h4-6,11,17H,2-3,7-10,12H2,1H3,(H,22,26)(H2,23,24,27,28)/t17-/m0/s1. The molecule has 0 aliphatic carbocycles. The van der Waals surface area contributed by atoms with Gasteiger partial charge in [-0.15, -0.1) is 0 Å². The van der Waals surface area contributed by atoms with Crippen LogP contribution >= 0.6 is 11.6 Å². The molecule has 1 amide bonds. The Hall–Kier alpha value is -2.38. The molecule has 0 unspecified atom stereocenters. The molecule has 0 bridgehead atoms. The number of carbonyl (C=O) groups is 1. The highest BCUT2D eigenvalue weighted by Gasteiger charge is 2.24. The van der Waals surface area contributed by atoms with Gasteiger partial charge in [-0.2, -0.15) is 0 Å². The maximum absolute atomic E-state index is 12.4. The number of aromatic nitrogens is 2. The lowest BCUT2D eigenvalue weighted by molar-refractivity contribution is -0.121. The van der Waals surface area contributed by atoms with Crippen molar-refractivity contribution in [1.82, 2.24) is 20.2 Å². The monoisotopic (exact) mass is 404 g/mol. The van der Waals surface area contributed by atoms with Gasteiger partial charge in [0.05, 0.1) is 6.04 Å². The van der Waals surface area contributed by atoms with Crippen LogP contribution < -0.4 is 16.6 Å². The van der Waals surface area contributed by atoms with Gasteiger partial charge in [-0.05, 0) is 57.0 Å². The van der Waals surface area contributed by atoms with Crippen LogP contribution in [0.5, 0.6) is 0 Å². The molecule has 8 heteroatoms. The number of H-pyrrole nitrogens is 2. The second-order valence-electron chi connectivity index (χ2n) is 7.13. The van der Waals surface area contributed by atoms with E-state index in [4.69, 9.17) is 11.6 Å². The second kappa shape index (κ2) is 9.21. The number of aromatic amines is 2. The molecule has 1 aromatic heterocycles. The summed E-state index contributed by atoms with van der Waals surface area (Å²) in [4.78, 5) is 42.7. The summed E-state index contributed by atoms with van der Waals surface area (Å²) in [5, 5.41) is 3.67. The molecule has 28 heavy (non-hydrogen) atoms. The Bertz CT molecular complexity index is 947. The van der Waals surface area contributed by atoms with Gasteiger partial charge in [0.1, 0.15) is 0 Å². The van der Waals surface area contributed by atoms with Gasteiger partial charge < -0.3 is 10.3 Å². The minimum Gasteiger partial charge on any atom is -0.354 e. The molecule has 2 heterocycles. The van der Waals surface area contributed by atoms with Crippen LogP contribution in [0.2, 0.25) is 5.02 Å². The Morgan fingerprint density at radius 3 is 2.68 bits per heavy atom. The lowest BCUT2D eigenvalue weighted by atomic mass is 10.1. The zero-order chi connectivity index (χ0) is 20.1. The summed E-state index contributed by atoms with van der Waals surface area (Å²) in [6.45, 7) is 4.14. The topological polar surface area (TPSA) is 98.1 Å². The van der Waals surface area contributed by atoms with Crippen LogP contribution in [-0.2, 0) is 11.2 Å². The fourth-order valence-corrected chi connectivity index (χ4v) is 3.89. The van der Waals surface area contributed by atoms with E-state index in [1.54, 1.807) is 6.92 Å². The average Bonchev–Trinajstić information content (AvgIpc) is 3.15. The van der Waals surface area contributed by atoms with Crippen LogP contribution in [0.1, 0.15) is 42.1 Å². The third-order valence-electron chi connectivity index (χ3n) is 5.16. The zero-order valence-electron chi connectivity index (χ0n) is 15.9. The number of amides is 1. The Labute approximate surface area is 168 Å². The van der Waals surface area contributed by atoms with Crippen molar-refractivity contribution in [2.24, 2.45) is 0 Å². The first-order chi connectivity index (χ1) is 13.4. The maximum Gasteiger partial charge on any atom is 0.325 e. The van der Waals surface area contributed by atoms with E-state index in [2.05, 4.69) is 20.2 Å². The summed E-state index contributed by atoms with van der Waals surface area (Å²) in [6.07, 6.45) is 2.76. The van der Waals surface area contributed by atoms with Crippen molar-refractivity contribution in [2.45, 2.75) is 38.6 Å². The number of hydrogen-bond donors (Lipinski definition) is 3. The third-order valence-corrected chi connectivity index (χ3v) is 5.40. The normalized spacial score (nSPS) is 15.5. The number of aryl methyl sites for hydroxylation is 1. The van der Waals surface area contributed by atoms with Crippen LogP contribution in [-0.4, -0.2) is 40.4 Å². The van der Waals surface area contributed by atoms with Crippen molar-refractivity contribution in [1.29, 1.82) is 0 Å². The predicted octanol–water partition coefficient (Wildman–Crippen LogP) is 1.91. The van der Waals surface area contributed by atoms with E-state index < -0.39 is 11.2 Å². The fourth-order valence-electron chi connectivity index (χ4n) is 3.69. The Balaban J connectivity index is 1.62. The molecule has 3 N–H and O–H groups in total. The number of carbonyl (C=O) groups excluding carboxylic acids is 1. The molecule has 1 aliphatic rings. The number of hydrogen-bond acceptors (Lipinski definition) is 4. The van der Waals surface area contributed by atoms with Gasteiger partial charge in [-0.25, -0.2) is 4.79 Å². The van der Waals surface area contributed by atoms with Gasteiger partial charge in [-0.1, -0.05) is 23.7 Å². The predicted molar refractivity (Wildman–Crippen MR) is 109 cm³/mol. The molecule has 150 valence electrons. The summed E-state index contributed by atoms with van der Waals surface area (Å²) in [7, 11) is 0. The quantitative estimate of drug-likeness (QED) is 0.656. The molecule has 1 aliphatic heterocycles. The van der Waals surface area contributed by atoms with E-state index in [9.17, 15) is 14.4 Å². The van der Waals surface area contributed by atoms with Crippen molar-refractivity contribution >= 4 is 17.5 Å². The molecule has 0 radical (unpaired) electrons. The number of halogens is 1. The molecule has 7 nitrogen and oxygen atoms in total. The van der Waals surface area contributed by atoms with Crippen LogP contribution in [0.25, 0.3) is 0 Å². The highest BCUT2D eigenvalue weighted by atomic mass is 35.5. The van der Waals surface area contributed by atoms with Gasteiger partial charge >= 0.3 is 5.69 Å². The van der Waals surface area contributed by atoms with Crippen molar-refractivity contribution in [3.63, 3.8) is 0 Å². The molecule has 0 spiro atoms. The van der Waals surface area contributed by atoms with E-state index in [0.29, 0.717) is 22.8 Å². The van der Waals surface area contributed by atoms with Crippen molar-refractivity contribution in [3.8, 4) is 0 Å². The van der Waals surface area contributed by atoms with Gasteiger partial charge in [-0.3, -0.25) is 19.5 Å². The summed E-state index contributed by atoms with van der Waals surface area (Å²) in [6, 6.07) is 7.82. The molecular weight excluding hydrogens is 380 g/mol. The van der Waals surface area contributed by atoms with Crippen molar-refractivity contribution < 1.29 is 4.79 Å². The van der Waals surface area contributed by atoms with Gasteiger partial charge in [0.2, 0.25) is 5.91 Å². The number of nitrogens with one attached hydrogen (secondary N) is 3. The molecule has 3 rings (SSSR count). The molecule has 1 fully saturated rings. The lowest BCUT2D eigenvalue weighted by Crippen LogP contribution is -2.37. The summed E-state index contributed by atoms with van der Waals surface area (Å²) < 4.78 is 0. The highest BCUT2D eigenvalue weighted by molar-refractivity contribution is 6.30. The molecular formula is C20H25ClN4O3. The number of rotatable bonds is 7. The largest absolute Gasteiger partial charge is 0.354 e. The van der Waals surface area contributed by atoms with E-state index in [-0.39, 0.29) is 24.8 Å². The average molecular weight is 405 g/mol. The molecule has 1 atom stereocenters. The van der Waals surface area contributed by atoms with Gasteiger partial charge in [0, 0.05) is 29.2 Å². The zero-order valence-corrected chi connectivity index (χ0v) is 16.6. The first-order valence-electron chi connectivity index (χ1n) is 9.52. The second-order valence-corrected chi connectivity index (χ2v) is 7.57. The minimum atomic E-state index is -0.536. The van der Waals surface area contributed by atoms with Crippen LogP contribution in [0.15, 0.2) is 33.9 Å². The Morgan fingerprint density at radius 1 is 1.25 bits per heavy atom. The third kappa shape index (κ3) is 5.11. The Morgan fingerprint density at radius 2 is 2.00 bits per heavy atom. The molecule has 1 aromatic carbocycles. The Kier molecular flexibility index (Phi) is 6.70. The summed E-state index contributed by atoms with van der Waals surface area (Å²) in [5.74, 6) is -0.128. The van der Waals surface area contributed by atoms with Crippen molar-refractivity contribution in [3.05, 3.63) is 66.9 Å². The van der Waals surface area contributed by atoms with Crippen molar-refractivity contribution in [2.75, 3.05) is 19.6 Å². The number of likely N-dealkylation sites (tertiary alicyclic amines) is 1. The molecule has 0 saturated carbocycles. The highest BCUT2D eigenvalue weighted by Crippen LogP contribution is 2.26. The van der Waals surface area contributed by atoms with Crippen LogP contribution in [0, 0.1) is 6.92 Å². The van der Waals surface area contributed by atoms with E-state index in [1.807, 2.05) is 24.3 Å². The van der Waals surface area contributed by atoms with Gasteiger partial charge in [0.15, 0.2) is 0 Å². The first kappa shape index (κ1) is 20.4. The van der Waals surface area contributed by atoms with Crippen LogP contribution in [0.3, 0.4) is 0 Å². The van der Waals surface area contributed by atoms with E-state index in [0.717, 1.165) is 31.5 Å². The van der Waals surface area contributed by atoms with E-state index in [1.165, 1.54) is 0 Å². The lowest BCUT2D eigenvalue weighted by Gasteiger charge is -2.28. The maximum atomic E-state index is 12.4. The minimum absolute atomic E-state index is 0.0726. The van der Waals surface area contributed by atoms with E-state index >= 15 is 0 Å². The smallest absolute Gasteiger partial charge is 0.325 e. The SMILES string of the molecule is Cc1[nH]c(=O)[nH]c(=O)c1CCC(=O)NC[C@@H](c1cccc(Cl)c1)N1CCCC1.